The number of allylic oxidation sites excluding steroid dienone is 4. The van der Waals surface area contributed by atoms with Gasteiger partial charge >= 0.3 is 0 Å². The van der Waals surface area contributed by atoms with Gasteiger partial charge in [-0.3, -0.25) is 24.5 Å². The Balaban J connectivity index is 1.51. The average molecular weight is 423 g/mol. The Labute approximate surface area is 184 Å². The Morgan fingerprint density at radius 3 is 2.34 bits per heavy atom. The fourth-order valence-corrected chi connectivity index (χ4v) is 4.32. The predicted molar refractivity (Wildman–Crippen MR) is 123 cm³/mol. The molecule has 0 aliphatic heterocycles. The summed E-state index contributed by atoms with van der Waals surface area (Å²) in [6.45, 7) is 3.79. The van der Waals surface area contributed by atoms with E-state index >= 15 is 0 Å². The van der Waals surface area contributed by atoms with Gasteiger partial charge in [0.25, 0.3) is 5.56 Å². The molecule has 2 unspecified atom stereocenters. The Morgan fingerprint density at radius 2 is 1.62 bits per heavy atom. The van der Waals surface area contributed by atoms with E-state index in [-0.39, 0.29) is 17.1 Å². The number of aliphatic imine (C=N–C) groups is 1. The Hall–Kier alpha value is -4.06. The Morgan fingerprint density at radius 1 is 0.938 bits per heavy atom. The highest BCUT2D eigenvalue weighted by atomic mass is 16.1. The highest BCUT2D eigenvalue weighted by Gasteiger charge is 2.42. The molecule has 2 aliphatic rings. The fraction of sp³-hybridized carbons (Fsp3) is 0.154. The molecular weight excluding hydrogens is 402 g/mol. The third-order valence-corrected chi connectivity index (χ3v) is 6.06. The topological polar surface area (TPSA) is 84.3 Å². The van der Waals surface area contributed by atoms with Crippen LogP contribution in [-0.4, -0.2) is 27.6 Å². The molecule has 0 fully saturated rings. The number of hydrogen-bond donors (Lipinski definition) is 1. The van der Waals surface area contributed by atoms with Gasteiger partial charge in [0.15, 0.2) is 11.6 Å². The van der Waals surface area contributed by atoms with Crippen LogP contribution in [0, 0.1) is 25.7 Å². The van der Waals surface area contributed by atoms with Crippen molar-refractivity contribution in [2.45, 2.75) is 13.8 Å². The molecule has 1 aromatic heterocycles. The van der Waals surface area contributed by atoms with E-state index in [1.807, 2.05) is 31.2 Å². The molecule has 0 radical (unpaired) electrons. The van der Waals surface area contributed by atoms with Gasteiger partial charge in [-0.1, -0.05) is 54.1 Å². The van der Waals surface area contributed by atoms with Crippen molar-refractivity contribution in [1.82, 2.24) is 9.78 Å². The summed E-state index contributed by atoms with van der Waals surface area (Å²) in [6.07, 6.45) is 6.73. The van der Waals surface area contributed by atoms with Gasteiger partial charge in [-0.2, -0.15) is 0 Å². The minimum Gasteiger partial charge on any atom is -0.295 e. The Bertz CT molecular complexity index is 1400. The zero-order chi connectivity index (χ0) is 22.4. The second-order valence-electron chi connectivity index (χ2n) is 8.14. The molecule has 0 amide bonds. The first-order valence-corrected chi connectivity index (χ1v) is 10.4. The summed E-state index contributed by atoms with van der Waals surface area (Å²) in [5, 5.41) is 3.08. The number of nitrogens with one attached hydrogen (secondary N) is 1. The van der Waals surface area contributed by atoms with Crippen LogP contribution in [-0.2, 0) is 0 Å². The summed E-state index contributed by atoms with van der Waals surface area (Å²) in [6, 6.07) is 14.5. The smallest absolute Gasteiger partial charge is 0.280 e. The zero-order valence-corrected chi connectivity index (χ0v) is 17.7. The second-order valence-corrected chi connectivity index (χ2v) is 8.14. The van der Waals surface area contributed by atoms with Crippen LogP contribution in [0.1, 0.15) is 37.5 Å². The van der Waals surface area contributed by atoms with Gasteiger partial charge in [-0.15, -0.1) is 0 Å². The number of fused-ring (bicyclic) bond motifs is 2. The van der Waals surface area contributed by atoms with Crippen molar-refractivity contribution in [3.8, 4) is 5.69 Å². The van der Waals surface area contributed by atoms with Gasteiger partial charge < -0.3 is 0 Å². The lowest BCUT2D eigenvalue weighted by molar-refractivity contribution is 0.0793. The van der Waals surface area contributed by atoms with Crippen LogP contribution in [0.2, 0.25) is 0 Å². The first-order valence-electron chi connectivity index (χ1n) is 10.4. The van der Waals surface area contributed by atoms with Crippen molar-refractivity contribution in [1.29, 1.82) is 0 Å². The van der Waals surface area contributed by atoms with Crippen LogP contribution < -0.4 is 5.56 Å². The van der Waals surface area contributed by atoms with Gasteiger partial charge in [-0.05, 0) is 32.1 Å². The molecule has 6 nitrogen and oxygen atoms in total. The summed E-state index contributed by atoms with van der Waals surface area (Å²) >= 11 is 0. The number of nitrogens with zero attached hydrogens (tertiary/aromatic N) is 2. The number of rotatable bonds is 3. The number of ketones is 2. The van der Waals surface area contributed by atoms with Crippen molar-refractivity contribution in [2.24, 2.45) is 16.8 Å². The first kappa shape index (κ1) is 19.9. The molecule has 2 aromatic carbocycles. The van der Waals surface area contributed by atoms with Crippen LogP contribution >= 0.6 is 0 Å². The van der Waals surface area contributed by atoms with E-state index in [4.69, 9.17) is 0 Å². The maximum Gasteiger partial charge on any atom is 0.280 e. The van der Waals surface area contributed by atoms with Gasteiger partial charge in [0.2, 0.25) is 0 Å². The number of hydrogen-bond acceptors (Lipinski definition) is 4. The third kappa shape index (κ3) is 3.12. The molecule has 158 valence electrons. The number of carbonyl (C=O) groups is 2. The molecule has 0 saturated carbocycles. The summed E-state index contributed by atoms with van der Waals surface area (Å²) in [5.41, 5.74) is 4.04. The van der Waals surface area contributed by atoms with E-state index in [9.17, 15) is 14.4 Å². The molecular formula is C26H21N3O3. The predicted octanol–water partition coefficient (Wildman–Crippen LogP) is 3.97. The lowest BCUT2D eigenvalue weighted by Crippen LogP contribution is -2.37. The second kappa shape index (κ2) is 7.57. The van der Waals surface area contributed by atoms with E-state index in [1.165, 1.54) is 10.9 Å². The maximum atomic E-state index is 13.2. The standard InChI is InChI=1S/C26H21N3O3/c1-15-10-12-17(13-11-15)29-26(32)21(16(2)28-29)14-27-22-9-5-8-20-23(22)25(31)19-7-4-3-6-18(19)24(20)30/h3-14,20,23,28H,1-2H3. The monoisotopic (exact) mass is 423 g/mol. The molecule has 0 saturated heterocycles. The zero-order valence-electron chi connectivity index (χ0n) is 17.7. The number of aryl methyl sites for hydroxylation is 2. The van der Waals surface area contributed by atoms with E-state index < -0.39 is 11.8 Å². The minimum atomic E-state index is -0.683. The van der Waals surface area contributed by atoms with E-state index in [2.05, 4.69) is 10.1 Å². The van der Waals surface area contributed by atoms with Crippen LogP contribution in [0.25, 0.3) is 5.69 Å². The van der Waals surface area contributed by atoms with E-state index in [0.29, 0.717) is 28.1 Å². The number of aromatic amines is 1. The molecule has 5 rings (SSSR count). The van der Waals surface area contributed by atoms with Crippen LogP contribution in [0.3, 0.4) is 0 Å². The molecule has 6 heteroatoms. The average Bonchev–Trinajstić information content (AvgIpc) is 3.09. The number of benzene rings is 2. The van der Waals surface area contributed by atoms with Crippen LogP contribution in [0.4, 0.5) is 0 Å². The lowest BCUT2D eigenvalue weighted by Gasteiger charge is -2.30. The quantitative estimate of drug-likeness (QED) is 0.647. The molecule has 32 heavy (non-hydrogen) atoms. The highest BCUT2D eigenvalue weighted by Crippen LogP contribution is 2.38. The molecule has 0 bridgehead atoms. The number of H-pyrrole nitrogens is 1. The number of aromatic nitrogens is 2. The van der Waals surface area contributed by atoms with E-state index in [1.54, 1.807) is 49.4 Å². The largest absolute Gasteiger partial charge is 0.295 e. The fourth-order valence-electron chi connectivity index (χ4n) is 4.32. The molecule has 1 N–H and O–H groups in total. The van der Waals surface area contributed by atoms with Gasteiger partial charge in [0, 0.05) is 23.0 Å². The summed E-state index contributed by atoms with van der Waals surface area (Å²) < 4.78 is 1.47. The van der Waals surface area contributed by atoms with Gasteiger partial charge in [-0.25, -0.2) is 4.68 Å². The van der Waals surface area contributed by atoms with Gasteiger partial charge in [0.1, 0.15) is 0 Å². The van der Waals surface area contributed by atoms with Crippen molar-refractivity contribution in [3.05, 3.63) is 111 Å². The summed E-state index contributed by atoms with van der Waals surface area (Å²) in [4.78, 5) is 43.7. The molecule has 0 spiro atoms. The Kier molecular flexibility index (Phi) is 4.70. The maximum absolute atomic E-state index is 13.2. The lowest BCUT2D eigenvalue weighted by atomic mass is 9.71. The highest BCUT2D eigenvalue weighted by molar-refractivity contribution is 6.17. The van der Waals surface area contributed by atoms with Crippen molar-refractivity contribution in [2.75, 3.05) is 0 Å². The van der Waals surface area contributed by atoms with Crippen molar-refractivity contribution < 1.29 is 9.59 Å². The van der Waals surface area contributed by atoms with Crippen LogP contribution in [0.5, 0.6) is 0 Å². The summed E-state index contributed by atoms with van der Waals surface area (Å²) in [7, 11) is 0. The molecule has 2 atom stereocenters. The normalized spacial score (nSPS) is 19.8. The molecule has 2 aliphatic carbocycles. The number of Topliss-reactive ketones (excluding diaryl/α,β-unsaturated/α-hetero) is 2. The first-order chi connectivity index (χ1) is 15.5. The van der Waals surface area contributed by atoms with Crippen LogP contribution in [0.15, 0.2) is 82.2 Å². The molecule has 1 heterocycles. The molecule has 3 aromatic rings. The van der Waals surface area contributed by atoms with Gasteiger partial charge in [0.05, 0.1) is 28.8 Å². The third-order valence-electron chi connectivity index (χ3n) is 6.06. The number of carbonyl (C=O) groups excluding carboxylic acids is 2. The van der Waals surface area contributed by atoms with E-state index in [0.717, 1.165) is 11.3 Å². The van der Waals surface area contributed by atoms with Crippen molar-refractivity contribution >= 4 is 17.8 Å². The summed E-state index contributed by atoms with van der Waals surface area (Å²) in [5.74, 6) is -1.47. The van der Waals surface area contributed by atoms with Crippen molar-refractivity contribution in [3.63, 3.8) is 0 Å². The SMILES string of the molecule is Cc1ccc(-n2[nH]c(C)c(C=NC3=CC=CC4C(=O)c5ccccc5C(=O)C34)c2=O)cc1. The minimum absolute atomic E-state index is 0.0817.